The molecule has 4 nitrogen and oxygen atoms in total. The summed E-state index contributed by atoms with van der Waals surface area (Å²) in [5.41, 5.74) is 5.44. The Morgan fingerprint density at radius 3 is 2.58 bits per heavy atom. The van der Waals surface area contributed by atoms with Gasteiger partial charge in [-0.2, -0.15) is 4.98 Å². The Hall–Kier alpha value is -1.06. The monoisotopic (exact) mass is 168 g/mol. The summed E-state index contributed by atoms with van der Waals surface area (Å²) in [5.74, 6) is 2.04. The molecule has 0 bridgehead atoms. The van der Waals surface area contributed by atoms with Gasteiger partial charge in [0.05, 0.1) is 0 Å². The van der Waals surface area contributed by atoms with Crippen LogP contribution in [0.2, 0.25) is 0 Å². The molecular formula is C8H16N4. The quantitative estimate of drug-likeness (QED) is 0.732. The van der Waals surface area contributed by atoms with Crippen molar-refractivity contribution in [2.45, 2.75) is 26.7 Å². The van der Waals surface area contributed by atoms with Crippen molar-refractivity contribution in [2.75, 3.05) is 5.73 Å². The van der Waals surface area contributed by atoms with Crippen LogP contribution in [-0.4, -0.2) is 14.8 Å². The maximum atomic E-state index is 5.44. The molecule has 0 aromatic carbocycles. The molecule has 0 aliphatic heterocycles. The summed E-state index contributed by atoms with van der Waals surface area (Å²) < 4.78 is 1.75. The smallest absolute Gasteiger partial charge is 0.239 e. The number of aryl methyl sites for hydroxylation is 2. The molecule has 0 saturated heterocycles. The zero-order chi connectivity index (χ0) is 9.14. The Labute approximate surface area is 72.8 Å². The lowest BCUT2D eigenvalue weighted by Gasteiger charge is -2.02. The molecule has 1 aromatic heterocycles. The summed E-state index contributed by atoms with van der Waals surface area (Å²) in [6, 6.07) is 0. The third-order valence-electron chi connectivity index (χ3n) is 1.81. The summed E-state index contributed by atoms with van der Waals surface area (Å²) in [6.45, 7) is 4.39. The predicted octanol–water partition coefficient (Wildman–Crippen LogP) is 0.986. The molecule has 1 aromatic rings. The predicted molar refractivity (Wildman–Crippen MR) is 48.6 cm³/mol. The number of hydrogen-bond donors (Lipinski definition) is 1. The van der Waals surface area contributed by atoms with E-state index in [9.17, 15) is 0 Å². The van der Waals surface area contributed by atoms with Gasteiger partial charge in [0.2, 0.25) is 5.95 Å². The third kappa shape index (κ3) is 2.22. The van der Waals surface area contributed by atoms with Crippen LogP contribution in [0.5, 0.6) is 0 Å². The summed E-state index contributed by atoms with van der Waals surface area (Å²) >= 11 is 0. The van der Waals surface area contributed by atoms with Crippen molar-refractivity contribution < 1.29 is 0 Å². The summed E-state index contributed by atoms with van der Waals surface area (Å²) in [4.78, 5) is 4.11. The molecule has 0 aliphatic rings. The van der Waals surface area contributed by atoms with Gasteiger partial charge in [-0.1, -0.05) is 13.8 Å². The first kappa shape index (κ1) is 9.03. The van der Waals surface area contributed by atoms with Crippen LogP contribution in [0.3, 0.4) is 0 Å². The van der Waals surface area contributed by atoms with Crippen LogP contribution < -0.4 is 5.73 Å². The second kappa shape index (κ2) is 3.56. The third-order valence-corrected chi connectivity index (χ3v) is 1.81. The summed E-state index contributed by atoms with van der Waals surface area (Å²) in [5, 5.41) is 3.97. The van der Waals surface area contributed by atoms with Crippen molar-refractivity contribution in [3.8, 4) is 0 Å². The lowest BCUT2D eigenvalue weighted by atomic mass is 10.1. The van der Waals surface area contributed by atoms with Gasteiger partial charge in [0, 0.05) is 13.5 Å². The second-order valence-electron chi connectivity index (χ2n) is 3.44. The first-order valence-corrected chi connectivity index (χ1v) is 4.25. The standard InChI is InChI=1S/C8H16N4/c1-6(2)4-5-7-10-8(9)11-12(7)3/h6H,4-5H2,1-3H3,(H2,9,11). The minimum Gasteiger partial charge on any atom is -0.366 e. The fraction of sp³-hybridized carbons (Fsp3) is 0.750. The molecule has 1 heterocycles. The van der Waals surface area contributed by atoms with E-state index in [2.05, 4.69) is 23.9 Å². The van der Waals surface area contributed by atoms with Gasteiger partial charge >= 0.3 is 0 Å². The molecule has 0 amide bonds. The highest BCUT2D eigenvalue weighted by Crippen LogP contribution is 2.06. The lowest BCUT2D eigenvalue weighted by Crippen LogP contribution is -2.01. The maximum Gasteiger partial charge on any atom is 0.239 e. The van der Waals surface area contributed by atoms with Crippen LogP contribution in [0, 0.1) is 5.92 Å². The topological polar surface area (TPSA) is 56.7 Å². The number of nitrogens with two attached hydrogens (primary N) is 1. The van der Waals surface area contributed by atoms with E-state index in [1.54, 1.807) is 4.68 Å². The first-order valence-electron chi connectivity index (χ1n) is 4.25. The molecule has 0 atom stereocenters. The van der Waals surface area contributed by atoms with Gasteiger partial charge in [-0.05, 0) is 12.3 Å². The maximum absolute atomic E-state index is 5.44. The molecule has 0 spiro atoms. The van der Waals surface area contributed by atoms with Gasteiger partial charge < -0.3 is 5.73 Å². The van der Waals surface area contributed by atoms with Crippen LogP contribution in [-0.2, 0) is 13.5 Å². The molecule has 1 rings (SSSR count). The highest BCUT2D eigenvalue weighted by atomic mass is 15.4. The van der Waals surface area contributed by atoms with Crippen molar-refractivity contribution in [3.63, 3.8) is 0 Å². The molecule has 0 radical (unpaired) electrons. The van der Waals surface area contributed by atoms with Crippen molar-refractivity contribution in [3.05, 3.63) is 5.82 Å². The van der Waals surface area contributed by atoms with Gasteiger partial charge in [0.15, 0.2) is 0 Å². The minimum atomic E-state index is 0.372. The Balaban J connectivity index is 2.57. The Kier molecular flexibility index (Phi) is 2.68. The zero-order valence-corrected chi connectivity index (χ0v) is 7.91. The van der Waals surface area contributed by atoms with Crippen molar-refractivity contribution in [1.82, 2.24) is 14.8 Å². The number of hydrogen-bond acceptors (Lipinski definition) is 3. The van der Waals surface area contributed by atoms with E-state index in [0.717, 1.165) is 18.7 Å². The normalized spacial score (nSPS) is 11.0. The van der Waals surface area contributed by atoms with E-state index in [-0.39, 0.29) is 0 Å². The zero-order valence-electron chi connectivity index (χ0n) is 7.91. The molecule has 68 valence electrons. The van der Waals surface area contributed by atoms with Crippen LogP contribution in [0.4, 0.5) is 5.95 Å². The molecule has 0 fully saturated rings. The van der Waals surface area contributed by atoms with E-state index < -0.39 is 0 Å². The van der Waals surface area contributed by atoms with Gasteiger partial charge in [0.25, 0.3) is 0 Å². The van der Waals surface area contributed by atoms with Crippen molar-refractivity contribution in [2.24, 2.45) is 13.0 Å². The molecule has 0 aliphatic carbocycles. The van der Waals surface area contributed by atoms with Gasteiger partial charge in [0.1, 0.15) is 5.82 Å². The van der Waals surface area contributed by atoms with E-state index >= 15 is 0 Å². The Bertz CT molecular complexity index is 252. The van der Waals surface area contributed by atoms with Gasteiger partial charge in [-0.3, -0.25) is 4.68 Å². The highest BCUT2D eigenvalue weighted by Gasteiger charge is 2.04. The fourth-order valence-corrected chi connectivity index (χ4v) is 1.07. The lowest BCUT2D eigenvalue weighted by molar-refractivity contribution is 0.558. The molecular weight excluding hydrogens is 152 g/mol. The molecule has 2 N–H and O–H groups in total. The fourth-order valence-electron chi connectivity index (χ4n) is 1.07. The molecule has 4 heteroatoms. The number of rotatable bonds is 3. The molecule has 12 heavy (non-hydrogen) atoms. The number of nitrogen functional groups attached to an aromatic ring is 1. The number of nitrogens with zero attached hydrogens (tertiary/aromatic N) is 3. The Morgan fingerprint density at radius 1 is 1.50 bits per heavy atom. The van der Waals surface area contributed by atoms with Crippen molar-refractivity contribution >= 4 is 5.95 Å². The average Bonchev–Trinajstić information content (AvgIpc) is 2.26. The SMILES string of the molecule is CC(C)CCc1nc(N)nn1C. The van der Waals surface area contributed by atoms with Crippen LogP contribution in [0.25, 0.3) is 0 Å². The van der Waals surface area contributed by atoms with Crippen LogP contribution in [0.15, 0.2) is 0 Å². The average molecular weight is 168 g/mol. The number of anilines is 1. The highest BCUT2D eigenvalue weighted by molar-refractivity contribution is 5.13. The molecule has 0 saturated carbocycles. The largest absolute Gasteiger partial charge is 0.366 e. The van der Waals surface area contributed by atoms with Crippen molar-refractivity contribution in [1.29, 1.82) is 0 Å². The number of aromatic nitrogens is 3. The molecule has 0 unspecified atom stereocenters. The second-order valence-corrected chi connectivity index (χ2v) is 3.44. The van der Waals surface area contributed by atoms with E-state index in [1.807, 2.05) is 7.05 Å². The summed E-state index contributed by atoms with van der Waals surface area (Å²) in [6.07, 6.45) is 2.09. The van der Waals surface area contributed by atoms with Crippen LogP contribution >= 0.6 is 0 Å². The van der Waals surface area contributed by atoms with E-state index in [1.165, 1.54) is 0 Å². The van der Waals surface area contributed by atoms with Gasteiger partial charge in [-0.15, -0.1) is 5.10 Å². The van der Waals surface area contributed by atoms with E-state index in [0.29, 0.717) is 11.9 Å². The first-order chi connectivity index (χ1) is 5.59. The Morgan fingerprint density at radius 2 is 2.17 bits per heavy atom. The minimum absolute atomic E-state index is 0.372. The van der Waals surface area contributed by atoms with E-state index in [4.69, 9.17) is 5.73 Å². The van der Waals surface area contributed by atoms with Gasteiger partial charge in [-0.25, -0.2) is 0 Å². The van der Waals surface area contributed by atoms with Crippen LogP contribution in [0.1, 0.15) is 26.1 Å². The summed E-state index contributed by atoms with van der Waals surface area (Å²) in [7, 11) is 1.87.